The SMILES string of the molecule is F[B-](F)(F)F.[Ba+2].[H-].[H-].[Tb]. The normalized spacial score (nSPS) is 8.57. The number of hydrogen-bond acceptors (Lipinski definition) is 0. The van der Waals surface area contributed by atoms with E-state index in [-0.39, 0.29) is 90.3 Å². The maximum Gasteiger partial charge on any atom is 2.00 e. The molecule has 0 saturated heterocycles. The molecule has 0 rings (SSSR count). The maximum atomic E-state index is 9.75. The van der Waals surface area contributed by atoms with Gasteiger partial charge in [0.2, 0.25) is 0 Å². The van der Waals surface area contributed by atoms with Crippen molar-refractivity contribution in [2.45, 2.75) is 0 Å². The fraction of sp³-hybridized carbons (Fsp3) is 0. The van der Waals surface area contributed by atoms with Crippen molar-refractivity contribution in [2.75, 3.05) is 0 Å². The Morgan fingerprint density at radius 3 is 1.00 bits per heavy atom. The third kappa shape index (κ3) is 54.6. The molecule has 0 aliphatic rings. The standard InChI is InChI=1S/BF4.Ba.Tb.2H/c2-1(3,4)5;;;;/q-1;+2;;2*-1. The molecule has 0 N–H and O–H groups in total. The zero-order valence-electron chi connectivity index (χ0n) is 5.13. The van der Waals surface area contributed by atoms with Crippen molar-refractivity contribution >= 4 is 56.1 Å². The van der Waals surface area contributed by atoms with E-state index in [1.54, 1.807) is 0 Å². The summed E-state index contributed by atoms with van der Waals surface area (Å²) in [4.78, 5) is 0. The Balaban J connectivity index is -0.0000000133. The van der Waals surface area contributed by atoms with Crippen molar-refractivity contribution in [3.8, 4) is 0 Å². The van der Waals surface area contributed by atoms with Crippen molar-refractivity contribution in [3.63, 3.8) is 0 Å². The number of rotatable bonds is 0. The van der Waals surface area contributed by atoms with Crippen molar-refractivity contribution in [3.05, 3.63) is 0 Å². The molecule has 0 aromatic carbocycles. The quantitative estimate of drug-likeness (QED) is 0.434. The second kappa shape index (κ2) is 6.76. The van der Waals surface area contributed by atoms with Crippen LogP contribution in [0.4, 0.5) is 17.3 Å². The molecule has 0 aromatic heterocycles. The summed E-state index contributed by atoms with van der Waals surface area (Å²) in [5, 5.41) is 0. The molecule has 0 bridgehead atoms. The average Bonchev–Trinajstić information content (AvgIpc) is 0.722. The van der Waals surface area contributed by atoms with Gasteiger partial charge < -0.3 is 20.1 Å². The van der Waals surface area contributed by atoms with Crippen LogP contribution < -0.4 is 0 Å². The van der Waals surface area contributed by atoms with Crippen molar-refractivity contribution in [1.29, 1.82) is 0 Å². The molecular weight excluding hydrogens is 383 g/mol. The molecule has 0 unspecified atom stereocenters. The van der Waals surface area contributed by atoms with Crippen LogP contribution in [0.5, 0.6) is 0 Å². The predicted octanol–water partition coefficient (Wildman–Crippen LogP) is 1.14. The topological polar surface area (TPSA) is 0 Å². The van der Waals surface area contributed by atoms with Gasteiger partial charge in [-0.05, 0) is 0 Å². The Bertz CT molecular complexity index is 34.0. The van der Waals surface area contributed by atoms with Crippen LogP contribution in [0.2, 0.25) is 0 Å². The minimum Gasteiger partial charge on any atom is -1.00 e. The zero-order chi connectivity index (χ0) is 4.50. The molecule has 0 aromatic rings. The van der Waals surface area contributed by atoms with Gasteiger partial charge in [-0.3, -0.25) is 0 Å². The van der Waals surface area contributed by atoms with Crippen LogP contribution in [0.3, 0.4) is 0 Å². The summed E-state index contributed by atoms with van der Waals surface area (Å²) < 4.78 is 39.0. The molecule has 0 aliphatic carbocycles. The van der Waals surface area contributed by atoms with Crippen LogP contribution in [0.1, 0.15) is 2.85 Å². The first-order valence-electron chi connectivity index (χ1n) is 0.873. The fourth-order valence-corrected chi connectivity index (χ4v) is 0. The summed E-state index contributed by atoms with van der Waals surface area (Å²) in [5.74, 6) is 0. The Morgan fingerprint density at radius 1 is 1.00 bits per heavy atom. The van der Waals surface area contributed by atoms with E-state index in [0.717, 1.165) is 0 Å². The fourth-order valence-electron chi connectivity index (χ4n) is 0. The van der Waals surface area contributed by atoms with Crippen LogP contribution in [-0.4, -0.2) is 56.1 Å². The third-order valence-electron chi connectivity index (χ3n) is 0. The van der Waals surface area contributed by atoms with Crippen LogP contribution in [0, 0.1) is 38.6 Å². The van der Waals surface area contributed by atoms with Gasteiger partial charge in [-0.25, -0.2) is 0 Å². The Kier molecular flexibility index (Phi) is 15.8. The van der Waals surface area contributed by atoms with Gasteiger partial charge in [-0.1, -0.05) is 0 Å². The summed E-state index contributed by atoms with van der Waals surface area (Å²) in [6.45, 7) is 0. The molecule has 0 aliphatic heterocycles. The summed E-state index contributed by atoms with van der Waals surface area (Å²) in [6.07, 6.45) is 0. The second-order valence-corrected chi connectivity index (χ2v) is 0.495. The van der Waals surface area contributed by atoms with Gasteiger partial charge in [0.1, 0.15) is 0 Å². The molecule has 7 heteroatoms. The van der Waals surface area contributed by atoms with E-state index < -0.39 is 7.25 Å². The first-order valence-corrected chi connectivity index (χ1v) is 0.873. The van der Waals surface area contributed by atoms with E-state index in [1.807, 2.05) is 0 Å². The summed E-state index contributed by atoms with van der Waals surface area (Å²) in [7, 11) is -6.00. The van der Waals surface area contributed by atoms with Gasteiger partial charge in [-0.15, -0.1) is 0 Å². The zero-order valence-corrected chi connectivity index (χ0v) is 9.71. The summed E-state index contributed by atoms with van der Waals surface area (Å²) in [6, 6.07) is 0. The molecule has 0 nitrogen and oxygen atoms in total. The minimum atomic E-state index is -6.00. The summed E-state index contributed by atoms with van der Waals surface area (Å²) >= 11 is 0. The predicted molar refractivity (Wildman–Crippen MR) is 18.2 cm³/mol. The average molecular weight is 385 g/mol. The van der Waals surface area contributed by atoms with Gasteiger partial charge in [-0.2, -0.15) is 0 Å². The molecule has 0 spiro atoms. The molecule has 45 valence electrons. The van der Waals surface area contributed by atoms with Gasteiger partial charge >= 0.3 is 56.1 Å². The van der Waals surface area contributed by atoms with Crippen LogP contribution in [0.15, 0.2) is 0 Å². The van der Waals surface area contributed by atoms with E-state index in [2.05, 4.69) is 0 Å². The molecule has 0 heterocycles. The first-order chi connectivity index (χ1) is 2.00. The second-order valence-electron chi connectivity index (χ2n) is 0.495. The smallest absolute Gasteiger partial charge is 1.00 e. The van der Waals surface area contributed by atoms with Gasteiger partial charge in [0.15, 0.2) is 0 Å². The Hall–Kier alpha value is 2.64. The molecule has 7 heavy (non-hydrogen) atoms. The molecule has 0 saturated carbocycles. The van der Waals surface area contributed by atoms with Gasteiger partial charge in [0.25, 0.3) is 0 Å². The van der Waals surface area contributed by atoms with E-state index in [1.165, 1.54) is 0 Å². The van der Waals surface area contributed by atoms with E-state index in [9.17, 15) is 17.3 Å². The Morgan fingerprint density at radius 2 is 1.00 bits per heavy atom. The maximum absolute atomic E-state index is 9.75. The van der Waals surface area contributed by atoms with Crippen molar-refractivity contribution in [2.24, 2.45) is 0 Å². The first kappa shape index (κ1) is 16.3. The van der Waals surface area contributed by atoms with E-state index in [0.29, 0.717) is 0 Å². The van der Waals surface area contributed by atoms with Crippen LogP contribution >= 0.6 is 0 Å². The van der Waals surface area contributed by atoms with Crippen molar-refractivity contribution in [1.82, 2.24) is 0 Å². The monoisotopic (exact) mass is 386 g/mol. The van der Waals surface area contributed by atoms with Crippen molar-refractivity contribution < 1.29 is 58.7 Å². The minimum absolute atomic E-state index is 0. The third-order valence-corrected chi connectivity index (χ3v) is 0. The molecule has 0 atom stereocenters. The summed E-state index contributed by atoms with van der Waals surface area (Å²) in [5.41, 5.74) is 0. The molecule has 0 amide bonds. The number of halogens is 4. The van der Waals surface area contributed by atoms with Crippen LogP contribution in [-0.2, 0) is 0 Å². The van der Waals surface area contributed by atoms with Gasteiger partial charge in [0, 0.05) is 38.6 Å². The molecular formula is H2BBaF4Tb-. The van der Waals surface area contributed by atoms with Crippen LogP contribution in [0.25, 0.3) is 0 Å². The molecule has 0 fully saturated rings. The van der Waals surface area contributed by atoms with E-state index >= 15 is 0 Å². The van der Waals surface area contributed by atoms with Gasteiger partial charge in [0.05, 0.1) is 0 Å². The number of hydrogen-bond donors (Lipinski definition) is 0. The van der Waals surface area contributed by atoms with E-state index in [4.69, 9.17) is 0 Å². The molecule has 1 radical (unpaired) electrons. The Labute approximate surface area is 112 Å². The largest absolute Gasteiger partial charge is 2.00 e.